The maximum atomic E-state index is 12.3. The summed E-state index contributed by atoms with van der Waals surface area (Å²) in [5, 5.41) is 5.70. The van der Waals surface area contributed by atoms with Crippen molar-refractivity contribution in [1.82, 2.24) is 20.0 Å². The van der Waals surface area contributed by atoms with E-state index in [2.05, 4.69) is 19.6 Å². The van der Waals surface area contributed by atoms with Crippen molar-refractivity contribution in [2.45, 2.75) is 26.2 Å². The van der Waals surface area contributed by atoms with E-state index in [1.165, 1.54) is 11.3 Å². The number of thiazole rings is 1. The van der Waals surface area contributed by atoms with E-state index >= 15 is 0 Å². The van der Waals surface area contributed by atoms with Crippen LogP contribution in [-0.4, -0.2) is 27.1 Å². The highest BCUT2D eigenvalue weighted by atomic mass is 32.1. The molecule has 5 nitrogen and oxygen atoms in total. The zero-order chi connectivity index (χ0) is 14.0. The van der Waals surface area contributed by atoms with E-state index < -0.39 is 12.0 Å². The van der Waals surface area contributed by atoms with Crippen LogP contribution in [0, 0.1) is 6.92 Å². The molecule has 0 aliphatic rings. The van der Waals surface area contributed by atoms with Crippen molar-refractivity contribution in [2.24, 2.45) is 0 Å². The molecule has 0 amide bonds. The van der Waals surface area contributed by atoms with Crippen molar-refractivity contribution in [2.75, 3.05) is 7.05 Å². The van der Waals surface area contributed by atoms with Crippen molar-refractivity contribution >= 4 is 11.3 Å². The van der Waals surface area contributed by atoms with Gasteiger partial charge >= 0.3 is 6.18 Å². The van der Waals surface area contributed by atoms with Crippen molar-refractivity contribution in [1.29, 1.82) is 0 Å². The van der Waals surface area contributed by atoms with E-state index in [-0.39, 0.29) is 12.4 Å². The molecule has 9 heteroatoms. The number of rotatable bonds is 4. The van der Waals surface area contributed by atoms with Gasteiger partial charge in [-0.3, -0.25) is 4.90 Å². The largest absolute Gasteiger partial charge is 0.455 e. The zero-order valence-corrected chi connectivity index (χ0v) is 11.0. The van der Waals surface area contributed by atoms with E-state index in [4.69, 9.17) is 0 Å². The van der Waals surface area contributed by atoms with Crippen LogP contribution in [0.3, 0.4) is 0 Å². The molecule has 2 heterocycles. The minimum atomic E-state index is -4.58. The summed E-state index contributed by atoms with van der Waals surface area (Å²) >= 11 is 1.50. The molecule has 0 fully saturated rings. The number of aryl methyl sites for hydroxylation is 1. The molecule has 0 aliphatic carbocycles. The standard InChI is InChI=1S/C10H11F3N4OS/c1-6-5-19-8(14-6)4-17(2)3-7-15-9(16-18-7)10(11,12)13/h5H,3-4H2,1-2H3. The summed E-state index contributed by atoms with van der Waals surface area (Å²) < 4.78 is 41.4. The third-order valence-electron chi connectivity index (χ3n) is 2.20. The minimum Gasteiger partial charge on any atom is -0.338 e. The molecule has 0 saturated carbocycles. The van der Waals surface area contributed by atoms with Crippen molar-refractivity contribution in [3.05, 3.63) is 27.8 Å². The summed E-state index contributed by atoms with van der Waals surface area (Å²) in [5.41, 5.74) is 0.922. The van der Waals surface area contributed by atoms with E-state index in [0.29, 0.717) is 6.54 Å². The van der Waals surface area contributed by atoms with Gasteiger partial charge in [-0.15, -0.1) is 11.3 Å². The summed E-state index contributed by atoms with van der Waals surface area (Å²) in [6, 6.07) is 0. The maximum absolute atomic E-state index is 12.3. The number of nitrogens with zero attached hydrogens (tertiary/aromatic N) is 4. The molecule has 0 atom stereocenters. The van der Waals surface area contributed by atoms with Crippen LogP contribution in [0.1, 0.15) is 22.4 Å². The lowest BCUT2D eigenvalue weighted by molar-refractivity contribution is -0.146. The van der Waals surface area contributed by atoms with Gasteiger partial charge in [-0.25, -0.2) is 4.98 Å². The topological polar surface area (TPSA) is 55.1 Å². The fourth-order valence-electron chi connectivity index (χ4n) is 1.43. The Morgan fingerprint density at radius 1 is 1.32 bits per heavy atom. The lowest BCUT2D eigenvalue weighted by Gasteiger charge is -2.11. The average molecular weight is 292 g/mol. The number of aromatic nitrogens is 3. The van der Waals surface area contributed by atoms with Crippen molar-refractivity contribution in [3.63, 3.8) is 0 Å². The van der Waals surface area contributed by atoms with Crippen LogP contribution < -0.4 is 0 Å². The molecule has 0 aromatic carbocycles. The van der Waals surface area contributed by atoms with Crippen molar-refractivity contribution in [3.8, 4) is 0 Å². The van der Waals surface area contributed by atoms with Gasteiger partial charge in [0.05, 0.1) is 13.1 Å². The Kier molecular flexibility index (Phi) is 3.85. The Balaban J connectivity index is 1.95. The monoisotopic (exact) mass is 292 g/mol. The number of halogens is 3. The molecule has 0 saturated heterocycles. The molecule has 2 rings (SSSR count). The second kappa shape index (κ2) is 5.25. The molecular weight excluding hydrogens is 281 g/mol. The summed E-state index contributed by atoms with van der Waals surface area (Å²) in [5.74, 6) is -1.32. The van der Waals surface area contributed by atoms with Crippen LogP contribution in [0.2, 0.25) is 0 Å². The van der Waals surface area contributed by atoms with Gasteiger partial charge in [0, 0.05) is 11.1 Å². The van der Waals surface area contributed by atoms with Crippen LogP contribution in [0.5, 0.6) is 0 Å². The van der Waals surface area contributed by atoms with Crippen LogP contribution in [0.15, 0.2) is 9.90 Å². The highest BCUT2D eigenvalue weighted by molar-refractivity contribution is 7.09. The zero-order valence-electron chi connectivity index (χ0n) is 10.2. The van der Waals surface area contributed by atoms with Crippen molar-refractivity contribution < 1.29 is 17.7 Å². The smallest absolute Gasteiger partial charge is 0.338 e. The Hall–Kier alpha value is -1.48. The van der Waals surface area contributed by atoms with Gasteiger partial charge in [0.25, 0.3) is 5.82 Å². The van der Waals surface area contributed by atoms with E-state index in [0.717, 1.165) is 10.7 Å². The maximum Gasteiger partial charge on any atom is 0.455 e. The van der Waals surface area contributed by atoms with Crippen LogP contribution in [-0.2, 0) is 19.3 Å². The number of hydrogen-bond donors (Lipinski definition) is 0. The second-order valence-corrected chi connectivity index (χ2v) is 5.01. The molecule has 2 aromatic rings. The molecule has 2 aromatic heterocycles. The summed E-state index contributed by atoms with van der Waals surface area (Å²) in [6.45, 7) is 2.54. The summed E-state index contributed by atoms with van der Waals surface area (Å²) in [7, 11) is 1.74. The van der Waals surface area contributed by atoms with Crippen LogP contribution in [0.25, 0.3) is 0 Å². The molecular formula is C10H11F3N4OS. The molecule has 19 heavy (non-hydrogen) atoms. The fourth-order valence-corrected chi connectivity index (χ4v) is 2.28. The Morgan fingerprint density at radius 2 is 2.05 bits per heavy atom. The van der Waals surface area contributed by atoms with E-state index in [1.807, 2.05) is 12.3 Å². The van der Waals surface area contributed by atoms with E-state index in [9.17, 15) is 13.2 Å². The molecule has 0 unspecified atom stereocenters. The molecule has 0 N–H and O–H groups in total. The molecule has 0 bridgehead atoms. The van der Waals surface area contributed by atoms with Gasteiger partial charge in [-0.2, -0.15) is 18.2 Å². The quantitative estimate of drug-likeness (QED) is 0.866. The third kappa shape index (κ3) is 3.74. The van der Waals surface area contributed by atoms with Gasteiger partial charge in [-0.05, 0) is 14.0 Å². The first-order valence-electron chi connectivity index (χ1n) is 5.34. The highest BCUT2D eigenvalue weighted by Crippen LogP contribution is 2.26. The third-order valence-corrected chi connectivity index (χ3v) is 3.15. The van der Waals surface area contributed by atoms with Crippen LogP contribution >= 0.6 is 11.3 Å². The Morgan fingerprint density at radius 3 is 2.58 bits per heavy atom. The van der Waals surface area contributed by atoms with Gasteiger partial charge < -0.3 is 4.52 Å². The molecule has 0 radical (unpaired) electrons. The predicted molar refractivity (Wildman–Crippen MR) is 61.3 cm³/mol. The lowest BCUT2D eigenvalue weighted by atomic mass is 10.5. The summed E-state index contributed by atoms with van der Waals surface area (Å²) in [6.07, 6.45) is -4.58. The lowest BCUT2D eigenvalue weighted by Crippen LogP contribution is -2.17. The first kappa shape index (κ1) is 13.9. The number of alkyl halides is 3. The summed E-state index contributed by atoms with van der Waals surface area (Å²) in [4.78, 5) is 9.33. The average Bonchev–Trinajstić information content (AvgIpc) is 2.87. The minimum absolute atomic E-state index is 0.0666. The molecule has 0 spiro atoms. The SMILES string of the molecule is Cc1csc(CN(C)Cc2nc(C(F)(F)F)no2)n1. The molecule has 0 aliphatic heterocycles. The van der Waals surface area contributed by atoms with Gasteiger partial charge in [0.15, 0.2) is 0 Å². The Bertz CT molecular complexity index is 551. The van der Waals surface area contributed by atoms with Crippen LogP contribution in [0.4, 0.5) is 13.2 Å². The normalized spacial score (nSPS) is 12.3. The number of hydrogen-bond acceptors (Lipinski definition) is 6. The Labute approximate surface area is 111 Å². The van der Waals surface area contributed by atoms with Gasteiger partial charge in [0.1, 0.15) is 5.01 Å². The van der Waals surface area contributed by atoms with E-state index in [1.54, 1.807) is 11.9 Å². The molecule has 104 valence electrons. The first-order chi connectivity index (χ1) is 8.84. The fraction of sp³-hybridized carbons (Fsp3) is 0.500. The van der Waals surface area contributed by atoms with Gasteiger partial charge in [-0.1, -0.05) is 5.16 Å². The van der Waals surface area contributed by atoms with Gasteiger partial charge in [0.2, 0.25) is 5.89 Å². The predicted octanol–water partition coefficient (Wildman–Crippen LogP) is 2.49. The highest BCUT2D eigenvalue weighted by Gasteiger charge is 2.37. The second-order valence-electron chi connectivity index (χ2n) is 4.06. The first-order valence-corrected chi connectivity index (χ1v) is 6.22.